The molecular formula is C17H22N4OS. The van der Waals surface area contributed by atoms with Gasteiger partial charge in [0.25, 0.3) is 0 Å². The number of hydrazine groups is 1. The van der Waals surface area contributed by atoms with E-state index in [4.69, 9.17) is 17.0 Å². The Balaban J connectivity index is 1.60. The van der Waals surface area contributed by atoms with Gasteiger partial charge in [0, 0.05) is 18.5 Å². The van der Waals surface area contributed by atoms with Crippen LogP contribution in [0.2, 0.25) is 0 Å². The molecule has 0 radical (unpaired) electrons. The number of ether oxygens (including phenoxy) is 1. The van der Waals surface area contributed by atoms with Crippen molar-refractivity contribution in [3.8, 4) is 0 Å². The van der Waals surface area contributed by atoms with Crippen molar-refractivity contribution in [3.05, 3.63) is 35.4 Å². The molecule has 3 N–H and O–H groups in total. The van der Waals surface area contributed by atoms with E-state index in [1.54, 1.807) is 0 Å². The van der Waals surface area contributed by atoms with Crippen LogP contribution in [0.3, 0.4) is 0 Å². The Morgan fingerprint density at radius 3 is 3.00 bits per heavy atom. The summed E-state index contributed by atoms with van der Waals surface area (Å²) >= 11 is 5.27. The second-order valence-electron chi connectivity index (χ2n) is 5.89. The van der Waals surface area contributed by atoms with Crippen molar-refractivity contribution in [1.29, 1.82) is 0 Å². The van der Waals surface area contributed by atoms with Gasteiger partial charge in [-0.15, -0.1) is 0 Å². The lowest BCUT2D eigenvalue weighted by Gasteiger charge is -2.15. The molecule has 2 heterocycles. The van der Waals surface area contributed by atoms with Crippen LogP contribution in [0.5, 0.6) is 0 Å². The van der Waals surface area contributed by atoms with Gasteiger partial charge in [0.05, 0.1) is 11.6 Å². The topological polar surface area (TPSA) is 58.2 Å². The lowest BCUT2D eigenvalue weighted by atomic mass is 10.1. The second kappa shape index (κ2) is 7.10. The third-order valence-corrected chi connectivity index (χ3v) is 4.31. The first kappa shape index (κ1) is 16.0. The highest BCUT2D eigenvalue weighted by molar-refractivity contribution is 7.80. The molecule has 0 aliphatic carbocycles. The molecule has 1 aliphatic heterocycles. The summed E-state index contributed by atoms with van der Waals surface area (Å²) in [4.78, 5) is 4.66. The maximum atomic E-state index is 5.56. The Kier molecular flexibility index (Phi) is 4.93. The van der Waals surface area contributed by atoms with Crippen LogP contribution in [0.4, 0.5) is 5.82 Å². The average Bonchev–Trinajstić information content (AvgIpc) is 3.05. The summed E-state index contributed by atoms with van der Waals surface area (Å²) in [6.07, 6.45) is 2.48. The number of rotatable bonds is 4. The molecule has 0 unspecified atom stereocenters. The van der Waals surface area contributed by atoms with Crippen molar-refractivity contribution < 1.29 is 4.74 Å². The minimum atomic E-state index is 0.262. The number of para-hydroxylation sites is 1. The standard InChI is InChI=1S/C17H22N4OS/c1-11-5-3-7-14-12(2)9-15(19-16(11)14)20-21-17(23)18-10-13-6-4-8-22-13/h3,5,7,9,13H,4,6,8,10H2,1-2H3,(H,19,20)(H2,18,21,23)/t13-/m1/s1. The Hall–Kier alpha value is -1.92. The van der Waals surface area contributed by atoms with Gasteiger partial charge in [0.1, 0.15) is 5.82 Å². The number of benzene rings is 1. The number of thiocarbonyl (C=S) groups is 1. The van der Waals surface area contributed by atoms with E-state index in [1.165, 1.54) is 10.9 Å². The second-order valence-corrected chi connectivity index (χ2v) is 6.30. The van der Waals surface area contributed by atoms with Gasteiger partial charge in [-0.1, -0.05) is 18.2 Å². The van der Waals surface area contributed by atoms with Crippen LogP contribution in [0.15, 0.2) is 24.3 Å². The van der Waals surface area contributed by atoms with Crippen molar-refractivity contribution in [3.63, 3.8) is 0 Å². The van der Waals surface area contributed by atoms with Crippen molar-refractivity contribution in [1.82, 2.24) is 15.7 Å². The van der Waals surface area contributed by atoms with Gasteiger partial charge in [-0.05, 0) is 56.1 Å². The lowest BCUT2D eigenvalue weighted by molar-refractivity contribution is 0.114. The minimum absolute atomic E-state index is 0.262. The normalized spacial score (nSPS) is 17.2. The molecule has 122 valence electrons. The van der Waals surface area contributed by atoms with Gasteiger partial charge in [0.2, 0.25) is 0 Å². The smallest absolute Gasteiger partial charge is 0.185 e. The zero-order valence-corrected chi connectivity index (χ0v) is 14.3. The third kappa shape index (κ3) is 3.89. The maximum Gasteiger partial charge on any atom is 0.185 e. The first-order valence-corrected chi connectivity index (χ1v) is 8.33. The molecule has 23 heavy (non-hydrogen) atoms. The van der Waals surface area contributed by atoms with Crippen molar-refractivity contribution in [2.45, 2.75) is 32.8 Å². The number of nitrogens with one attached hydrogen (secondary N) is 3. The van der Waals surface area contributed by atoms with Gasteiger partial charge in [0.15, 0.2) is 5.11 Å². The van der Waals surface area contributed by atoms with Gasteiger partial charge in [-0.25, -0.2) is 4.98 Å². The van der Waals surface area contributed by atoms with E-state index in [-0.39, 0.29) is 6.10 Å². The zero-order valence-electron chi connectivity index (χ0n) is 13.5. The molecule has 1 saturated heterocycles. The van der Waals surface area contributed by atoms with E-state index in [9.17, 15) is 0 Å². The highest BCUT2D eigenvalue weighted by Gasteiger charge is 2.15. The molecule has 6 heteroatoms. The molecule has 2 aromatic rings. The summed E-state index contributed by atoms with van der Waals surface area (Å²) in [6.45, 7) is 5.74. The van der Waals surface area contributed by atoms with E-state index < -0.39 is 0 Å². The van der Waals surface area contributed by atoms with Gasteiger partial charge < -0.3 is 10.1 Å². The van der Waals surface area contributed by atoms with Gasteiger partial charge in [-0.2, -0.15) is 0 Å². The fourth-order valence-electron chi connectivity index (χ4n) is 2.80. The Labute approximate surface area is 141 Å². The van der Waals surface area contributed by atoms with Crippen LogP contribution in [0.25, 0.3) is 10.9 Å². The third-order valence-electron chi connectivity index (χ3n) is 4.07. The molecule has 0 spiro atoms. The Morgan fingerprint density at radius 1 is 1.35 bits per heavy atom. The van der Waals surface area contributed by atoms with Crippen LogP contribution in [-0.2, 0) is 4.74 Å². The SMILES string of the molecule is Cc1cc(NNC(=S)NC[C@H]2CCCO2)nc2c(C)cccc12. The first-order chi connectivity index (χ1) is 11.1. The highest BCUT2D eigenvalue weighted by Crippen LogP contribution is 2.22. The number of aryl methyl sites for hydroxylation is 2. The largest absolute Gasteiger partial charge is 0.376 e. The molecule has 0 bridgehead atoms. The summed E-state index contributed by atoms with van der Waals surface area (Å²) in [5.41, 5.74) is 9.41. The fourth-order valence-corrected chi connectivity index (χ4v) is 2.94. The number of hydrogen-bond acceptors (Lipinski definition) is 4. The van der Waals surface area contributed by atoms with Crippen molar-refractivity contribution in [2.75, 3.05) is 18.6 Å². The van der Waals surface area contributed by atoms with E-state index in [1.807, 2.05) is 6.07 Å². The summed E-state index contributed by atoms with van der Waals surface area (Å²) < 4.78 is 5.56. The molecule has 1 aromatic carbocycles. The number of aromatic nitrogens is 1. The molecule has 1 aliphatic rings. The van der Waals surface area contributed by atoms with Crippen LogP contribution in [-0.4, -0.2) is 29.4 Å². The van der Waals surface area contributed by atoms with E-state index in [0.717, 1.165) is 42.9 Å². The zero-order chi connectivity index (χ0) is 16.2. The van der Waals surface area contributed by atoms with Crippen LogP contribution < -0.4 is 16.2 Å². The first-order valence-electron chi connectivity index (χ1n) is 7.92. The molecule has 1 fully saturated rings. The van der Waals surface area contributed by atoms with E-state index in [0.29, 0.717) is 5.11 Å². The lowest BCUT2D eigenvalue weighted by Crippen LogP contribution is -2.42. The van der Waals surface area contributed by atoms with Gasteiger partial charge in [-0.3, -0.25) is 10.9 Å². The number of pyridine rings is 1. The maximum absolute atomic E-state index is 5.56. The Bertz CT molecular complexity index is 713. The monoisotopic (exact) mass is 330 g/mol. The molecule has 3 rings (SSSR count). The van der Waals surface area contributed by atoms with Crippen LogP contribution in [0, 0.1) is 13.8 Å². The van der Waals surface area contributed by atoms with E-state index in [2.05, 4.69) is 53.2 Å². The van der Waals surface area contributed by atoms with Crippen molar-refractivity contribution >= 4 is 34.1 Å². The van der Waals surface area contributed by atoms with Crippen molar-refractivity contribution in [2.24, 2.45) is 0 Å². The Morgan fingerprint density at radius 2 is 2.22 bits per heavy atom. The molecular weight excluding hydrogens is 308 g/mol. The molecule has 5 nitrogen and oxygen atoms in total. The summed E-state index contributed by atoms with van der Waals surface area (Å²) in [5.74, 6) is 0.755. The molecule has 0 amide bonds. The summed E-state index contributed by atoms with van der Waals surface area (Å²) in [6, 6.07) is 8.23. The average molecular weight is 330 g/mol. The summed E-state index contributed by atoms with van der Waals surface area (Å²) in [5, 5.41) is 4.88. The highest BCUT2D eigenvalue weighted by atomic mass is 32.1. The quantitative estimate of drug-likeness (QED) is 0.592. The number of fused-ring (bicyclic) bond motifs is 1. The molecule has 1 aromatic heterocycles. The predicted octanol–water partition coefficient (Wildman–Crippen LogP) is 2.82. The van der Waals surface area contributed by atoms with E-state index >= 15 is 0 Å². The number of nitrogens with zero attached hydrogens (tertiary/aromatic N) is 1. The molecule has 0 saturated carbocycles. The van der Waals surface area contributed by atoms with Gasteiger partial charge >= 0.3 is 0 Å². The number of hydrogen-bond donors (Lipinski definition) is 3. The fraction of sp³-hybridized carbons (Fsp3) is 0.412. The summed E-state index contributed by atoms with van der Waals surface area (Å²) in [7, 11) is 0. The minimum Gasteiger partial charge on any atom is -0.376 e. The molecule has 1 atom stereocenters. The predicted molar refractivity (Wildman–Crippen MR) is 97.6 cm³/mol. The number of anilines is 1. The van der Waals surface area contributed by atoms with Crippen LogP contribution >= 0.6 is 12.2 Å². The van der Waals surface area contributed by atoms with Crippen LogP contribution in [0.1, 0.15) is 24.0 Å².